The zero-order chi connectivity index (χ0) is 22.6. The van der Waals surface area contributed by atoms with Gasteiger partial charge in [0.1, 0.15) is 11.6 Å². The van der Waals surface area contributed by atoms with Crippen molar-refractivity contribution >= 4 is 34.4 Å². The lowest BCUT2D eigenvalue weighted by molar-refractivity contribution is 0.413. The normalized spacial score (nSPS) is 11.2. The second-order valence-electron chi connectivity index (χ2n) is 7.51. The molecule has 0 aliphatic heterocycles. The topological polar surface area (TPSA) is 66.0 Å². The Kier molecular flexibility index (Phi) is 6.32. The second kappa shape index (κ2) is 9.68. The highest BCUT2D eigenvalue weighted by Gasteiger charge is 2.15. The van der Waals surface area contributed by atoms with Crippen molar-refractivity contribution in [2.75, 3.05) is 7.11 Å². The fourth-order valence-electron chi connectivity index (χ4n) is 3.62. The molecule has 3 aromatic carbocycles. The first kappa shape index (κ1) is 21.6. The molecule has 0 bridgehead atoms. The van der Waals surface area contributed by atoms with Gasteiger partial charge < -0.3 is 13.7 Å². The monoisotopic (exact) mass is 476 g/mol. The number of thioether (sulfide) groups is 1. The standard InChI is InChI=1S/C25H21ClN4O2S/c1-31-20-10-7-17(8-11-20)13-24-28-29-25(32-24)33-16-23-27-21-14-19(26)9-12-22(21)30(23)15-18-5-3-2-4-6-18/h2-12,14H,13,15-16H2,1H3. The highest BCUT2D eigenvalue weighted by atomic mass is 35.5. The minimum absolute atomic E-state index is 0.523. The van der Waals surface area contributed by atoms with Crippen LogP contribution < -0.4 is 4.74 Å². The molecule has 2 heterocycles. The Morgan fingerprint density at radius 3 is 2.58 bits per heavy atom. The maximum absolute atomic E-state index is 6.20. The van der Waals surface area contributed by atoms with Gasteiger partial charge in [0.2, 0.25) is 5.89 Å². The Morgan fingerprint density at radius 1 is 0.970 bits per heavy atom. The lowest BCUT2D eigenvalue weighted by Crippen LogP contribution is -2.04. The number of fused-ring (bicyclic) bond motifs is 1. The number of hydrogen-bond donors (Lipinski definition) is 0. The fraction of sp³-hybridized carbons (Fsp3) is 0.160. The van der Waals surface area contributed by atoms with Crippen molar-refractivity contribution < 1.29 is 9.15 Å². The molecule has 0 aliphatic rings. The smallest absolute Gasteiger partial charge is 0.277 e. The van der Waals surface area contributed by atoms with E-state index in [4.69, 9.17) is 25.7 Å². The van der Waals surface area contributed by atoms with Crippen LogP contribution in [-0.4, -0.2) is 26.9 Å². The van der Waals surface area contributed by atoms with Gasteiger partial charge in [-0.05, 0) is 41.5 Å². The average Bonchev–Trinajstić information content (AvgIpc) is 3.42. The van der Waals surface area contributed by atoms with Crippen molar-refractivity contribution in [1.82, 2.24) is 19.7 Å². The number of hydrogen-bond acceptors (Lipinski definition) is 6. The van der Waals surface area contributed by atoms with E-state index >= 15 is 0 Å². The van der Waals surface area contributed by atoms with Gasteiger partial charge >= 0.3 is 0 Å². The maximum Gasteiger partial charge on any atom is 0.277 e. The Hall–Kier alpha value is -3.29. The van der Waals surface area contributed by atoms with Gasteiger partial charge in [-0.1, -0.05) is 65.8 Å². The van der Waals surface area contributed by atoms with Gasteiger partial charge in [0.05, 0.1) is 30.3 Å². The summed E-state index contributed by atoms with van der Waals surface area (Å²) in [7, 11) is 1.65. The van der Waals surface area contributed by atoms with Crippen molar-refractivity contribution in [3.63, 3.8) is 0 Å². The van der Waals surface area contributed by atoms with E-state index < -0.39 is 0 Å². The Balaban J connectivity index is 1.33. The summed E-state index contributed by atoms with van der Waals surface area (Å²) in [6, 6.07) is 24.0. The van der Waals surface area contributed by atoms with Gasteiger partial charge in [0.25, 0.3) is 5.22 Å². The summed E-state index contributed by atoms with van der Waals surface area (Å²) in [6.45, 7) is 0.724. The van der Waals surface area contributed by atoms with Crippen molar-refractivity contribution in [3.8, 4) is 5.75 Å². The first-order valence-corrected chi connectivity index (χ1v) is 11.8. The molecule has 2 aromatic heterocycles. The van der Waals surface area contributed by atoms with Crippen molar-refractivity contribution in [1.29, 1.82) is 0 Å². The molecule has 166 valence electrons. The predicted molar refractivity (Wildman–Crippen MR) is 130 cm³/mol. The number of halogens is 1. The van der Waals surface area contributed by atoms with Crippen LogP contribution in [0.15, 0.2) is 82.4 Å². The number of benzene rings is 3. The van der Waals surface area contributed by atoms with Gasteiger partial charge in [0.15, 0.2) is 0 Å². The van der Waals surface area contributed by atoms with Crippen molar-refractivity contribution in [2.24, 2.45) is 0 Å². The largest absolute Gasteiger partial charge is 0.497 e. The Morgan fingerprint density at radius 2 is 1.79 bits per heavy atom. The van der Waals surface area contributed by atoms with E-state index in [1.165, 1.54) is 17.3 Å². The van der Waals surface area contributed by atoms with Crippen LogP contribution in [0.3, 0.4) is 0 Å². The van der Waals surface area contributed by atoms with Crippen LogP contribution in [0.1, 0.15) is 22.8 Å². The van der Waals surface area contributed by atoms with Crippen molar-refractivity contribution in [2.45, 2.75) is 23.9 Å². The van der Waals surface area contributed by atoms with Crippen molar-refractivity contribution in [3.05, 3.63) is 101 Å². The number of rotatable bonds is 8. The summed E-state index contributed by atoms with van der Waals surface area (Å²) in [5, 5.41) is 9.60. The van der Waals surface area contributed by atoms with E-state index in [2.05, 4.69) is 26.9 Å². The summed E-state index contributed by atoms with van der Waals surface area (Å²) in [5.74, 6) is 2.92. The molecule has 0 amide bonds. The molecule has 6 nitrogen and oxygen atoms in total. The first-order valence-electron chi connectivity index (χ1n) is 10.4. The van der Waals surface area contributed by atoms with Crippen LogP contribution in [0.25, 0.3) is 11.0 Å². The lowest BCUT2D eigenvalue weighted by Gasteiger charge is -2.09. The summed E-state index contributed by atoms with van der Waals surface area (Å²) >= 11 is 7.68. The van der Waals surface area contributed by atoms with Gasteiger partial charge in [-0.15, -0.1) is 10.2 Å². The molecule has 0 atom stereocenters. The molecule has 0 saturated heterocycles. The second-order valence-corrected chi connectivity index (χ2v) is 8.87. The minimum Gasteiger partial charge on any atom is -0.497 e. The Bertz CT molecular complexity index is 1370. The summed E-state index contributed by atoms with van der Waals surface area (Å²) in [4.78, 5) is 4.83. The molecule has 8 heteroatoms. The minimum atomic E-state index is 0.523. The van der Waals surface area contributed by atoms with E-state index in [1.807, 2.05) is 60.7 Å². The third-order valence-corrected chi connectivity index (χ3v) is 6.31. The molecule has 5 rings (SSSR count). The van der Waals surface area contributed by atoms with Gasteiger partial charge in [0, 0.05) is 11.6 Å². The number of imidazole rings is 1. The average molecular weight is 477 g/mol. The third kappa shape index (κ3) is 5.05. The van der Waals surface area contributed by atoms with Crippen LogP contribution >= 0.6 is 23.4 Å². The molecule has 0 fully saturated rings. The number of nitrogens with zero attached hydrogens (tertiary/aromatic N) is 4. The number of aromatic nitrogens is 4. The zero-order valence-corrected chi connectivity index (χ0v) is 19.5. The predicted octanol–water partition coefficient (Wildman–Crippen LogP) is 6.01. The van der Waals surface area contributed by atoms with Crippen LogP contribution in [0.2, 0.25) is 5.02 Å². The molecule has 5 aromatic rings. The highest BCUT2D eigenvalue weighted by Crippen LogP contribution is 2.27. The molecule has 0 radical (unpaired) electrons. The van der Waals surface area contributed by atoms with Gasteiger partial charge in [-0.2, -0.15) is 0 Å². The van der Waals surface area contributed by atoms with Gasteiger partial charge in [-0.3, -0.25) is 0 Å². The molecule has 33 heavy (non-hydrogen) atoms. The van der Waals surface area contributed by atoms with E-state index in [0.717, 1.165) is 34.7 Å². The molecule has 0 aliphatic carbocycles. The quantitative estimate of drug-likeness (QED) is 0.255. The lowest BCUT2D eigenvalue weighted by atomic mass is 10.1. The molecule has 0 spiro atoms. The zero-order valence-electron chi connectivity index (χ0n) is 17.9. The summed E-state index contributed by atoms with van der Waals surface area (Å²) in [6.07, 6.45) is 0.572. The summed E-state index contributed by atoms with van der Waals surface area (Å²) < 4.78 is 13.3. The maximum atomic E-state index is 6.20. The van der Waals surface area contributed by atoms with E-state index in [1.54, 1.807) is 7.11 Å². The van der Waals surface area contributed by atoms with E-state index in [-0.39, 0.29) is 0 Å². The van der Waals surface area contributed by atoms with E-state index in [9.17, 15) is 0 Å². The van der Waals surface area contributed by atoms with E-state index in [0.29, 0.717) is 28.3 Å². The third-order valence-electron chi connectivity index (χ3n) is 5.26. The number of ether oxygens (including phenoxy) is 1. The van der Waals surface area contributed by atoms with Gasteiger partial charge in [-0.25, -0.2) is 4.98 Å². The highest BCUT2D eigenvalue weighted by molar-refractivity contribution is 7.98. The molecule has 0 unspecified atom stereocenters. The molecule has 0 N–H and O–H groups in total. The fourth-order valence-corrected chi connectivity index (χ4v) is 4.51. The van der Waals surface area contributed by atoms with Crippen LogP contribution in [0.4, 0.5) is 0 Å². The SMILES string of the molecule is COc1ccc(Cc2nnc(SCc3nc4cc(Cl)ccc4n3Cc3ccccc3)o2)cc1. The van der Waals surface area contributed by atoms with Crippen LogP contribution in [0.5, 0.6) is 5.75 Å². The molecule has 0 saturated carbocycles. The summed E-state index contributed by atoms with van der Waals surface area (Å²) in [5.41, 5.74) is 4.21. The number of methoxy groups -OCH3 is 1. The Labute approximate surface area is 200 Å². The van der Waals surface area contributed by atoms with Crippen LogP contribution in [0, 0.1) is 0 Å². The first-order chi connectivity index (χ1) is 16.2. The molecular weight excluding hydrogens is 456 g/mol. The van der Waals surface area contributed by atoms with Crippen LogP contribution in [-0.2, 0) is 18.7 Å². The molecular formula is C25H21ClN4O2S.